The molecule has 27 heavy (non-hydrogen) atoms. The number of hydrogen-bond donors (Lipinski definition) is 1. The van der Waals surface area contributed by atoms with Gasteiger partial charge in [0.05, 0.1) is 23.7 Å². The quantitative estimate of drug-likeness (QED) is 0.817. The van der Waals surface area contributed by atoms with E-state index in [-0.39, 0.29) is 35.3 Å². The smallest absolute Gasteiger partial charge is 0.259 e. The third-order valence-corrected chi connectivity index (χ3v) is 6.69. The molecule has 2 aliphatic rings. The standard InChI is InChI=1S/C17H22N6O3S/c1-2-22-9-12(7-20-22)14-10-27(25,26)6-5-23(14)17(24)13-8-19-16(11-3-4-11)21-15(13)18/h7-9,11,14H,2-6,10H2,1H3,(H2,18,19,21). The number of hydrogen-bond acceptors (Lipinski definition) is 7. The van der Waals surface area contributed by atoms with Gasteiger partial charge < -0.3 is 10.6 Å². The van der Waals surface area contributed by atoms with E-state index in [0.29, 0.717) is 23.9 Å². The molecule has 3 heterocycles. The number of sulfone groups is 1. The van der Waals surface area contributed by atoms with Crippen LogP contribution in [-0.2, 0) is 16.4 Å². The van der Waals surface area contributed by atoms with Gasteiger partial charge in [-0.2, -0.15) is 5.10 Å². The van der Waals surface area contributed by atoms with Crippen LogP contribution in [-0.4, -0.2) is 57.0 Å². The van der Waals surface area contributed by atoms with Crippen LogP contribution in [0.15, 0.2) is 18.6 Å². The molecule has 10 heteroatoms. The van der Waals surface area contributed by atoms with Gasteiger partial charge in [-0.1, -0.05) is 0 Å². The first-order valence-corrected chi connectivity index (χ1v) is 10.9. The highest BCUT2D eigenvalue weighted by Crippen LogP contribution is 2.38. The van der Waals surface area contributed by atoms with Gasteiger partial charge in [0.25, 0.3) is 5.91 Å². The van der Waals surface area contributed by atoms with Gasteiger partial charge in [0.15, 0.2) is 9.84 Å². The minimum absolute atomic E-state index is 0.0714. The summed E-state index contributed by atoms with van der Waals surface area (Å²) in [6, 6.07) is -0.598. The molecule has 1 amide bonds. The maximum Gasteiger partial charge on any atom is 0.259 e. The van der Waals surface area contributed by atoms with E-state index in [9.17, 15) is 13.2 Å². The summed E-state index contributed by atoms with van der Waals surface area (Å²) in [6.45, 7) is 2.71. The molecule has 0 spiro atoms. The largest absolute Gasteiger partial charge is 0.383 e. The molecule has 1 atom stereocenters. The Kier molecular flexibility index (Phi) is 4.37. The van der Waals surface area contributed by atoms with Crippen LogP contribution in [0.2, 0.25) is 0 Å². The summed E-state index contributed by atoms with van der Waals surface area (Å²) in [6.07, 6.45) is 6.95. The number of nitrogen functional groups attached to an aromatic ring is 1. The molecule has 2 aromatic rings. The zero-order valence-electron chi connectivity index (χ0n) is 15.1. The third-order valence-electron chi connectivity index (χ3n) is 5.06. The summed E-state index contributed by atoms with van der Waals surface area (Å²) in [5.74, 6) is 0.607. The van der Waals surface area contributed by atoms with Crippen molar-refractivity contribution in [1.29, 1.82) is 0 Å². The van der Waals surface area contributed by atoms with Crippen molar-refractivity contribution < 1.29 is 13.2 Å². The minimum atomic E-state index is -3.24. The summed E-state index contributed by atoms with van der Waals surface area (Å²) >= 11 is 0. The second kappa shape index (κ2) is 6.59. The summed E-state index contributed by atoms with van der Waals surface area (Å²) in [5.41, 5.74) is 6.94. The van der Waals surface area contributed by atoms with Crippen molar-refractivity contribution >= 4 is 21.6 Å². The van der Waals surface area contributed by atoms with Crippen molar-refractivity contribution in [3.05, 3.63) is 35.5 Å². The van der Waals surface area contributed by atoms with E-state index in [4.69, 9.17) is 5.73 Å². The van der Waals surface area contributed by atoms with Crippen LogP contribution < -0.4 is 5.73 Å². The fourth-order valence-electron chi connectivity index (χ4n) is 3.32. The summed E-state index contributed by atoms with van der Waals surface area (Å²) in [5, 5.41) is 4.21. The highest BCUT2D eigenvalue weighted by Gasteiger charge is 2.37. The second-order valence-electron chi connectivity index (χ2n) is 7.06. The molecular formula is C17H22N6O3S. The lowest BCUT2D eigenvalue weighted by Gasteiger charge is -2.35. The Hall–Kier alpha value is -2.49. The number of amides is 1. The molecular weight excluding hydrogens is 368 g/mol. The lowest BCUT2D eigenvalue weighted by atomic mass is 10.1. The predicted octanol–water partition coefficient (Wildman–Crippen LogP) is 0.764. The zero-order chi connectivity index (χ0) is 19.2. The monoisotopic (exact) mass is 390 g/mol. The normalized spacial score (nSPS) is 22.0. The van der Waals surface area contributed by atoms with E-state index in [0.717, 1.165) is 12.8 Å². The number of carbonyl (C=O) groups excluding carboxylic acids is 1. The van der Waals surface area contributed by atoms with Gasteiger partial charge in [-0.25, -0.2) is 18.4 Å². The first-order valence-electron chi connectivity index (χ1n) is 9.04. The molecule has 2 fully saturated rings. The van der Waals surface area contributed by atoms with Gasteiger partial charge in [-0.15, -0.1) is 0 Å². The Morgan fingerprint density at radius 1 is 1.33 bits per heavy atom. The minimum Gasteiger partial charge on any atom is -0.383 e. The predicted molar refractivity (Wildman–Crippen MR) is 98.8 cm³/mol. The molecule has 1 saturated carbocycles. The van der Waals surface area contributed by atoms with E-state index in [1.165, 1.54) is 6.20 Å². The van der Waals surface area contributed by atoms with Gasteiger partial charge in [0.2, 0.25) is 0 Å². The maximum absolute atomic E-state index is 13.1. The summed E-state index contributed by atoms with van der Waals surface area (Å²) in [4.78, 5) is 23.2. The van der Waals surface area contributed by atoms with Gasteiger partial charge >= 0.3 is 0 Å². The van der Waals surface area contributed by atoms with Crippen LogP contribution in [0.5, 0.6) is 0 Å². The van der Waals surface area contributed by atoms with E-state index in [2.05, 4.69) is 15.1 Å². The van der Waals surface area contributed by atoms with Crippen molar-refractivity contribution in [2.75, 3.05) is 23.8 Å². The Morgan fingerprint density at radius 3 is 2.74 bits per heavy atom. The first kappa shape index (κ1) is 17.9. The number of nitrogens with zero attached hydrogens (tertiary/aromatic N) is 5. The number of rotatable bonds is 4. The second-order valence-corrected chi connectivity index (χ2v) is 9.29. The fraction of sp³-hybridized carbons (Fsp3) is 0.529. The lowest BCUT2D eigenvalue weighted by molar-refractivity contribution is 0.0697. The first-order chi connectivity index (χ1) is 12.9. The molecule has 0 bridgehead atoms. The maximum atomic E-state index is 13.1. The highest BCUT2D eigenvalue weighted by atomic mass is 32.2. The van der Waals surface area contributed by atoms with Crippen molar-refractivity contribution in [2.24, 2.45) is 0 Å². The van der Waals surface area contributed by atoms with Crippen molar-refractivity contribution in [2.45, 2.75) is 38.3 Å². The SMILES string of the molecule is CCn1cc(C2CS(=O)(=O)CCN2C(=O)c2cnc(C3CC3)nc2N)cn1. The van der Waals surface area contributed by atoms with Gasteiger partial charge in [-0.05, 0) is 19.8 Å². The number of aryl methyl sites for hydroxylation is 1. The van der Waals surface area contributed by atoms with E-state index < -0.39 is 15.9 Å². The average molecular weight is 390 g/mol. The van der Waals surface area contributed by atoms with Crippen LogP contribution in [0.3, 0.4) is 0 Å². The summed E-state index contributed by atoms with van der Waals surface area (Å²) < 4.78 is 26.1. The zero-order valence-corrected chi connectivity index (χ0v) is 15.9. The molecule has 1 saturated heterocycles. The summed E-state index contributed by atoms with van der Waals surface area (Å²) in [7, 11) is -3.24. The molecule has 2 N–H and O–H groups in total. The molecule has 0 aromatic carbocycles. The van der Waals surface area contributed by atoms with Gasteiger partial charge in [0, 0.05) is 37.0 Å². The fourth-order valence-corrected chi connectivity index (χ4v) is 4.81. The molecule has 1 aliphatic heterocycles. The number of nitrogens with two attached hydrogens (primary N) is 1. The van der Waals surface area contributed by atoms with Crippen LogP contribution >= 0.6 is 0 Å². The molecule has 0 radical (unpaired) electrons. The molecule has 144 valence electrons. The van der Waals surface area contributed by atoms with Crippen LogP contribution in [0.25, 0.3) is 0 Å². The van der Waals surface area contributed by atoms with Crippen LogP contribution in [0.1, 0.15) is 53.5 Å². The van der Waals surface area contributed by atoms with Crippen molar-refractivity contribution in [3.63, 3.8) is 0 Å². The molecule has 2 aromatic heterocycles. The van der Waals surface area contributed by atoms with Crippen LogP contribution in [0.4, 0.5) is 5.82 Å². The Labute approximate surface area is 157 Å². The molecule has 1 unspecified atom stereocenters. The highest BCUT2D eigenvalue weighted by molar-refractivity contribution is 7.91. The van der Waals surface area contributed by atoms with Crippen molar-refractivity contribution in [3.8, 4) is 0 Å². The Bertz CT molecular complexity index is 982. The number of aromatic nitrogens is 4. The average Bonchev–Trinajstić information content (AvgIpc) is 3.37. The third kappa shape index (κ3) is 3.53. The number of carbonyl (C=O) groups is 1. The Morgan fingerprint density at radius 2 is 2.11 bits per heavy atom. The molecule has 9 nitrogen and oxygen atoms in total. The van der Waals surface area contributed by atoms with Crippen LogP contribution in [0, 0.1) is 0 Å². The van der Waals surface area contributed by atoms with E-state index in [1.54, 1.807) is 22.0 Å². The van der Waals surface area contributed by atoms with Gasteiger partial charge in [-0.3, -0.25) is 9.48 Å². The van der Waals surface area contributed by atoms with Crippen molar-refractivity contribution in [1.82, 2.24) is 24.6 Å². The lowest BCUT2D eigenvalue weighted by Crippen LogP contribution is -2.46. The molecule has 4 rings (SSSR count). The molecule has 1 aliphatic carbocycles. The Balaban J connectivity index is 1.65. The topological polar surface area (TPSA) is 124 Å². The van der Waals surface area contributed by atoms with E-state index in [1.807, 2.05) is 6.92 Å². The van der Waals surface area contributed by atoms with E-state index >= 15 is 0 Å². The number of anilines is 1. The van der Waals surface area contributed by atoms with Gasteiger partial charge in [0.1, 0.15) is 17.2 Å².